The third-order valence-corrected chi connectivity index (χ3v) is 3.93. The molecule has 0 aliphatic rings. The van der Waals surface area contributed by atoms with Gasteiger partial charge in [0.15, 0.2) is 5.76 Å². The van der Waals surface area contributed by atoms with E-state index in [4.69, 9.17) is 8.83 Å². The van der Waals surface area contributed by atoms with Crippen molar-refractivity contribution in [2.75, 3.05) is 12.0 Å². The van der Waals surface area contributed by atoms with Crippen LogP contribution in [0, 0.1) is 0 Å². The van der Waals surface area contributed by atoms with Crippen LogP contribution in [0.3, 0.4) is 0 Å². The summed E-state index contributed by atoms with van der Waals surface area (Å²) in [5.41, 5.74) is -0.156. The molecule has 2 aromatic heterocycles. The molecule has 2 rings (SSSR count). The maximum Gasteiger partial charge on any atom is 0.326 e. The molecular weight excluding hydrogens is 360 g/mol. The van der Waals surface area contributed by atoms with Crippen molar-refractivity contribution in [2.45, 2.75) is 12.5 Å². The highest BCUT2D eigenvalue weighted by Crippen LogP contribution is 2.09. The van der Waals surface area contributed by atoms with E-state index in [2.05, 4.69) is 10.6 Å². The fourth-order valence-corrected chi connectivity index (χ4v) is 2.47. The van der Waals surface area contributed by atoms with Crippen LogP contribution >= 0.6 is 11.8 Å². The zero-order valence-electron chi connectivity index (χ0n) is 13.9. The number of hydrogen-bond donors (Lipinski definition) is 3. The van der Waals surface area contributed by atoms with Gasteiger partial charge < -0.3 is 24.6 Å². The highest BCUT2D eigenvalue weighted by molar-refractivity contribution is 7.98. The van der Waals surface area contributed by atoms with Crippen molar-refractivity contribution in [3.63, 3.8) is 0 Å². The molecule has 0 unspecified atom stereocenters. The summed E-state index contributed by atoms with van der Waals surface area (Å²) in [7, 11) is 0. The summed E-state index contributed by atoms with van der Waals surface area (Å²) in [6.45, 7) is 0. The molecule has 0 aromatic carbocycles. The summed E-state index contributed by atoms with van der Waals surface area (Å²) >= 11 is 1.47. The molecule has 0 saturated heterocycles. The lowest BCUT2D eigenvalue weighted by atomic mass is 10.2. The van der Waals surface area contributed by atoms with Crippen LogP contribution in [0.5, 0.6) is 0 Å². The molecule has 0 radical (unpaired) electrons. The number of aliphatic carboxylic acids is 1. The quantitative estimate of drug-likeness (QED) is 0.570. The third kappa shape index (κ3) is 5.55. The van der Waals surface area contributed by atoms with E-state index in [9.17, 15) is 19.5 Å². The first-order valence-electron chi connectivity index (χ1n) is 7.64. The second-order valence-electron chi connectivity index (χ2n) is 5.15. The molecular formula is C17H18N2O6S. The summed E-state index contributed by atoms with van der Waals surface area (Å²) in [5.74, 6) is -1.63. The van der Waals surface area contributed by atoms with E-state index < -0.39 is 23.8 Å². The van der Waals surface area contributed by atoms with Gasteiger partial charge in [0.1, 0.15) is 17.5 Å². The molecule has 0 fully saturated rings. The van der Waals surface area contributed by atoms with Gasteiger partial charge in [0.25, 0.3) is 11.8 Å². The van der Waals surface area contributed by atoms with Crippen molar-refractivity contribution in [1.29, 1.82) is 0 Å². The molecule has 0 aliphatic carbocycles. The fraction of sp³-hybridized carbons (Fsp3) is 0.235. The summed E-state index contributed by atoms with van der Waals surface area (Å²) in [6, 6.07) is 5.11. The van der Waals surface area contributed by atoms with E-state index >= 15 is 0 Å². The van der Waals surface area contributed by atoms with E-state index in [-0.39, 0.29) is 17.9 Å². The molecule has 0 bridgehead atoms. The fourth-order valence-electron chi connectivity index (χ4n) is 1.99. The van der Waals surface area contributed by atoms with Gasteiger partial charge in [0.05, 0.1) is 12.5 Å². The highest BCUT2D eigenvalue weighted by Gasteiger charge is 2.23. The summed E-state index contributed by atoms with van der Waals surface area (Å²) in [5, 5.41) is 14.1. The van der Waals surface area contributed by atoms with Crippen molar-refractivity contribution in [2.24, 2.45) is 0 Å². The van der Waals surface area contributed by atoms with Gasteiger partial charge >= 0.3 is 5.97 Å². The Balaban J connectivity index is 2.18. The normalized spacial score (nSPS) is 12.4. The van der Waals surface area contributed by atoms with Crippen LogP contribution < -0.4 is 10.6 Å². The minimum atomic E-state index is -1.15. The maximum absolute atomic E-state index is 12.5. The minimum absolute atomic E-state index is 0.0142. The van der Waals surface area contributed by atoms with Crippen LogP contribution in [0.25, 0.3) is 6.08 Å². The molecule has 1 atom stereocenters. The number of thioether (sulfide) groups is 1. The monoisotopic (exact) mass is 378 g/mol. The van der Waals surface area contributed by atoms with Crippen molar-refractivity contribution < 1.29 is 28.3 Å². The topological polar surface area (TPSA) is 122 Å². The van der Waals surface area contributed by atoms with E-state index in [0.29, 0.717) is 11.5 Å². The average molecular weight is 378 g/mol. The van der Waals surface area contributed by atoms with Gasteiger partial charge in [0.2, 0.25) is 0 Å². The van der Waals surface area contributed by atoms with Crippen LogP contribution in [0.15, 0.2) is 51.3 Å². The molecule has 9 heteroatoms. The molecule has 138 valence electrons. The summed E-state index contributed by atoms with van der Waals surface area (Å²) in [4.78, 5) is 36.0. The largest absolute Gasteiger partial charge is 0.480 e. The molecule has 26 heavy (non-hydrogen) atoms. The van der Waals surface area contributed by atoms with Gasteiger partial charge in [-0.1, -0.05) is 0 Å². The molecule has 8 nitrogen and oxygen atoms in total. The van der Waals surface area contributed by atoms with Crippen LogP contribution in [0.1, 0.15) is 22.7 Å². The van der Waals surface area contributed by atoms with Gasteiger partial charge in [-0.15, -0.1) is 0 Å². The Morgan fingerprint density at radius 3 is 2.54 bits per heavy atom. The number of nitrogens with one attached hydrogen (secondary N) is 2. The maximum atomic E-state index is 12.5. The Hall–Kier alpha value is -2.94. The second-order valence-corrected chi connectivity index (χ2v) is 6.14. The Morgan fingerprint density at radius 1 is 1.23 bits per heavy atom. The second kappa shape index (κ2) is 9.52. The Kier molecular flexibility index (Phi) is 7.10. The number of carboxylic acid groups (broad SMARTS) is 1. The zero-order chi connectivity index (χ0) is 18.9. The number of amides is 2. The van der Waals surface area contributed by atoms with Crippen LogP contribution in [0.2, 0.25) is 0 Å². The van der Waals surface area contributed by atoms with Gasteiger partial charge in [-0.2, -0.15) is 11.8 Å². The highest BCUT2D eigenvalue weighted by atomic mass is 32.2. The first kappa shape index (κ1) is 19.4. The van der Waals surface area contributed by atoms with Gasteiger partial charge in [-0.25, -0.2) is 4.79 Å². The molecule has 0 aliphatic heterocycles. The molecule has 2 amide bonds. The molecule has 3 N–H and O–H groups in total. The number of furan rings is 2. The number of rotatable bonds is 9. The summed E-state index contributed by atoms with van der Waals surface area (Å²) in [6.07, 6.45) is 6.14. The first-order valence-corrected chi connectivity index (χ1v) is 9.03. The number of carbonyl (C=O) groups excluding carboxylic acids is 2. The van der Waals surface area contributed by atoms with Crippen molar-refractivity contribution >= 4 is 35.6 Å². The number of hydrogen-bond acceptors (Lipinski definition) is 6. The third-order valence-electron chi connectivity index (χ3n) is 3.28. The van der Waals surface area contributed by atoms with Crippen LogP contribution in [0.4, 0.5) is 0 Å². The lowest BCUT2D eigenvalue weighted by Gasteiger charge is -2.15. The zero-order valence-corrected chi connectivity index (χ0v) is 14.7. The Labute approximate surface area is 153 Å². The predicted molar refractivity (Wildman–Crippen MR) is 95.4 cm³/mol. The van der Waals surface area contributed by atoms with Gasteiger partial charge in [0, 0.05) is 6.08 Å². The van der Waals surface area contributed by atoms with Crippen molar-refractivity contribution in [1.82, 2.24) is 10.6 Å². The van der Waals surface area contributed by atoms with E-state index in [1.165, 1.54) is 42.5 Å². The predicted octanol–water partition coefficient (Wildman–Crippen LogP) is 1.97. The van der Waals surface area contributed by atoms with Gasteiger partial charge in [-0.3, -0.25) is 9.59 Å². The Bertz CT molecular complexity index is 767. The molecule has 2 aromatic rings. The van der Waals surface area contributed by atoms with Gasteiger partial charge in [-0.05, 0) is 42.7 Å². The lowest BCUT2D eigenvalue weighted by Crippen LogP contribution is -2.44. The van der Waals surface area contributed by atoms with E-state index in [0.717, 1.165) is 0 Å². The molecule has 0 saturated carbocycles. The number of carboxylic acids is 1. The smallest absolute Gasteiger partial charge is 0.326 e. The average Bonchev–Trinajstić information content (AvgIpc) is 3.30. The minimum Gasteiger partial charge on any atom is -0.480 e. The van der Waals surface area contributed by atoms with E-state index in [1.807, 2.05) is 6.26 Å². The standard InChI is InChI=1S/C17H18N2O6S/c1-26-9-6-12(17(22)23)18-15(20)13(10-11-4-2-7-24-11)19-16(21)14-5-3-8-25-14/h2-5,7-8,10,12H,6,9H2,1H3,(H,18,20)(H,19,21)(H,22,23)/b13-10-/t12-/m1/s1. The molecule has 2 heterocycles. The molecule has 0 spiro atoms. The SMILES string of the molecule is CSCC[C@@H](NC(=O)/C(=C/c1ccco1)NC(=O)c1ccco1)C(=O)O. The first-order chi connectivity index (χ1) is 12.5. The lowest BCUT2D eigenvalue weighted by molar-refractivity contribution is -0.141. The Morgan fingerprint density at radius 2 is 1.96 bits per heavy atom. The van der Waals surface area contributed by atoms with Crippen molar-refractivity contribution in [3.8, 4) is 0 Å². The van der Waals surface area contributed by atoms with Crippen molar-refractivity contribution in [3.05, 3.63) is 54.0 Å². The number of carbonyl (C=O) groups is 3. The van der Waals surface area contributed by atoms with Crippen LogP contribution in [-0.2, 0) is 9.59 Å². The summed E-state index contributed by atoms with van der Waals surface area (Å²) < 4.78 is 10.1. The van der Waals surface area contributed by atoms with E-state index in [1.54, 1.807) is 12.1 Å². The van der Waals surface area contributed by atoms with Crippen LogP contribution in [-0.4, -0.2) is 40.9 Å².